The minimum absolute atomic E-state index is 0.0249. The van der Waals surface area contributed by atoms with Crippen LogP contribution in [0.4, 0.5) is 5.69 Å². The number of hydrogen-bond acceptors (Lipinski definition) is 3. The lowest BCUT2D eigenvalue weighted by Gasteiger charge is -2.23. The third kappa shape index (κ3) is 5.85. The molecule has 4 N–H and O–H groups in total. The molecule has 2 unspecified atom stereocenters. The Morgan fingerprint density at radius 1 is 1.05 bits per heavy atom. The zero-order chi connectivity index (χ0) is 16.7. The van der Waals surface area contributed by atoms with Crippen LogP contribution in [0.2, 0.25) is 0 Å². The molecule has 0 aliphatic heterocycles. The Labute approximate surface area is 132 Å². The van der Waals surface area contributed by atoms with Crippen molar-refractivity contribution in [2.45, 2.75) is 46.2 Å². The van der Waals surface area contributed by atoms with Crippen molar-refractivity contribution in [3.8, 4) is 0 Å². The van der Waals surface area contributed by atoms with Gasteiger partial charge >= 0.3 is 0 Å². The molecule has 1 aromatic carbocycles. The first kappa shape index (κ1) is 18.2. The average Bonchev–Trinajstić information content (AvgIpc) is 2.46. The number of nitrogens with one attached hydrogen (secondary N) is 2. The van der Waals surface area contributed by atoms with Gasteiger partial charge in [0.25, 0.3) is 0 Å². The summed E-state index contributed by atoms with van der Waals surface area (Å²) in [4.78, 5) is 24.5. The van der Waals surface area contributed by atoms with Gasteiger partial charge in [-0.2, -0.15) is 0 Å². The van der Waals surface area contributed by atoms with Crippen LogP contribution < -0.4 is 16.4 Å². The maximum Gasteiger partial charge on any atom is 0.246 e. The van der Waals surface area contributed by atoms with Crippen molar-refractivity contribution in [2.24, 2.45) is 17.6 Å². The molecule has 0 aromatic heterocycles. The Balaban J connectivity index is 2.75. The molecule has 0 heterocycles. The number of para-hydroxylation sites is 1. The molecule has 0 bridgehead atoms. The van der Waals surface area contributed by atoms with Gasteiger partial charge in [0.15, 0.2) is 0 Å². The lowest BCUT2D eigenvalue weighted by molar-refractivity contribution is -0.128. The van der Waals surface area contributed by atoms with Crippen LogP contribution in [0.5, 0.6) is 0 Å². The molecular weight excluding hydrogens is 278 g/mol. The van der Waals surface area contributed by atoms with Gasteiger partial charge in [0, 0.05) is 5.69 Å². The molecule has 1 rings (SSSR count). The highest BCUT2D eigenvalue weighted by atomic mass is 16.2. The van der Waals surface area contributed by atoms with Crippen molar-refractivity contribution in [1.29, 1.82) is 0 Å². The summed E-state index contributed by atoms with van der Waals surface area (Å²) in [6.07, 6.45) is 0.565. The van der Waals surface area contributed by atoms with Gasteiger partial charge in [0.1, 0.15) is 6.04 Å². The molecule has 0 saturated carbocycles. The van der Waals surface area contributed by atoms with Crippen LogP contribution in [0.3, 0.4) is 0 Å². The van der Waals surface area contributed by atoms with E-state index in [-0.39, 0.29) is 23.7 Å². The average molecular weight is 305 g/mol. The van der Waals surface area contributed by atoms with E-state index in [4.69, 9.17) is 5.73 Å². The number of benzene rings is 1. The largest absolute Gasteiger partial charge is 0.343 e. The highest BCUT2D eigenvalue weighted by Crippen LogP contribution is 2.11. The van der Waals surface area contributed by atoms with E-state index in [9.17, 15) is 9.59 Å². The van der Waals surface area contributed by atoms with E-state index in [0.29, 0.717) is 12.1 Å². The molecule has 5 heteroatoms. The maximum absolute atomic E-state index is 12.4. The lowest BCUT2D eigenvalue weighted by atomic mass is 10.0. The number of carbonyl (C=O) groups excluding carboxylic acids is 2. The normalized spacial score (nSPS) is 13.8. The first-order valence-corrected chi connectivity index (χ1v) is 7.73. The van der Waals surface area contributed by atoms with E-state index >= 15 is 0 Å². The van der Waals surface area contributed by atoms with Crippen molar-refractivity contribution >= 4 is 17.5 Å². The van der Waals surface area contributed by atoms with Gasteiger partial charge in [-0.05, 0) is 30.4 Å². The van der Waals surface area contributed by atoms with Crippen LogP contribution in [0.25, 0.3) is 0 Å². The Kier molecular flexibility index (Phi) is 7.05. The van der Waals surface area contributed by atoms with E-state index in [1.807, 2.05) is 58.0 Å². The number of rotatable bonds is 7. The molecule has 5 nitrogen and oxygen atoms in total. The second kappa shape index (κ2) is 8.54. The SMILES string of the molecule is CC(C)CC(NC(=O)C(N)C(C)C)C(=O)Nc1ccccc1. The van der Waals surface area contributed by atoms with Gasteiger partial charge in [-0.25, -0.2) is 0 Å². The number of amides is 2. The molecule has 1 aromatic rings. The minimum atomic E-state index is -0.612. The van der Waals surface area contributed by atoms with E-state index in [2.05, 4.69) is 10.6 Å². The molecule has 0 spiro atoms. The van der Waals surface area contributed by atoms with E-state index in [1.165, 1.54) is 0 Å². The zero-order valence-electron chi connectivity index (χ0n) is 13.8. The van der Waals surface area contributed by atoms with Crippen LogP contribution in [0.15, 0.2) is 30.3 Å². The van der Waals surface area contributed by atoms with Crippen LogP contribution in [0, 0.1) is 11.8 Å². The van der Waals surface area contributed by atoms with Crippen molar-refractivity contribution < 1.29 is 9.59 Å². The van der Waals surface area contributed by atoms with Gasteiger partial charge in [0.05, 0.1) is 6.04 Å². The first-order chi connectivity index (χ1) is 10.3. The van der Waals surface area contributed by atoms with Crippen molar-refractivity contribution in [1.82, 2.24) is 5.32 Å². The van der Waals surface area contributed by atoms with E-state index in [0.717, 1.165) is 0 Å². The van der Waals surface area contributed by atoms with Crippen LogP contribution in [-0.4, -0.2) is 23.9 Å². The molecule has 22 heavy (non-hydrogen) atoms. The van der Waals surface area contributed by atoms with Crippen LogP contribution >= 0.6 is 0 Å². The van der Waals surface area contributed by atoms with Gasteiger partial charge in [-0.15, -0.1) is 0 Å². The number of hydrogen-bond donors (Lipinski definition) is 3. The standard InChI is InChI=1S/C17H27N3O2/c1-11(2)10-14(20-17(22)15(18)12(3)4)16(21)19-13-8-6-5-7-9-13/h5-9,11-12,14-15H,10,18H2,1-4H3,(H,19,21)(H,20,22). The topological polar surface area (TPSA) is 84.2 Å². The van der Waals surface area contributed by atoms with Crippen LogP contribution in [-0.2, 0) is 9.59 Å². The minimum Gasteiger partial charge on any atom is -0.343 e. The van der Waals surface area contributed by atoms with Crippen molar-refractivity contribution in [2.75, 3.05) is 5.32 Å². The van der Waals surface area contributed by atoms with E-state index < -0.39 is 12.1 Å². The van der Waals surface area contributed by atoms with Gasteiger partial charge in [-0.3, -0.25) is 9.59 Å². The van der Waals surface area contributed by atoms with Crippen LogP contribution in [0.1, 0.15) is 34.1 Å². The number of nitrogens with two attached hydrogens (primary N) is 1. The smallest absolute Gasteiger partial charge is 0.246 e. The Hall–Kier alpha value is -1.88. The fourth-order valence-electron chi connectivity index (χ4n) is 2.02. The highest BCUT2D eigenvalue weighted by Gasteiger charge is 2.25. The summed E-state index contributed by atoms with van der Waals surface area (Å²) in [7, 11) is 0. The molecular formula is C17H27N3O2. The van der Waals surface area contributed by atoms with E-state index in [1.54, 1.807) is 0 Å². The third-order valence-electron chi connectivity index (χ3n) is 3.40. The fourth-order valence-corrected chi connectivity index (χ4v) is 2.02. The fraction of sp³-hybridized carbons (Fsp3) is 0.529. The zero-order valence-corrected chi connectivity index (χ0v) is 13.8. The lowest BCUT2D eigenvalue weighted by Crippen LogP contribution is -2.52. The Morgan fingerprint density at radius 2 is 1.64 bits per heavy atom. The molecule has 0 aliphatic rings. The molecule has 0 radical (unpaired) electrons. The molecule has 0 fully saturated rings. The van der Waals surface area contributed by atoms with Crippen molar-refractivity contribution in [3.05, 3.63) is 30.3 Å². The molecule has 0 aliphatic carbocycles. The second-order valence-corrected chi connectivity index (χ2v) is 6.32. The second-order valence-electron chi connectivity index (χ2n) is 6.32. The quantitative estimate of drug-likeness (QED) is 0.721. The molecule has 0 saturated heterocycles. The summed E-state index contributed by atoms with van der Waals surface area (Å²) in [6.45, 7) is 7.78. The summed E-state index contributed by atoms with van der Waals surface area (Å²) >= 11 is 0. The Bertz CT molecular complexity index is 486. The summed E-state index contributed by atoms with van der Waals surface area (Å²) < 4.78 is 0. The predicted molar refractivity (Wildman–Crippen MR) is 89.3 cm³/mol. The van der Waals surface area contributed by atoms with Gasteiger partial charge in [0.2, 0.25) is 11.8 Å². The van der Waals surface area contributed by atoms with Crippen molar-refractivity contribution in [3.63, 3.8) is 0 Å². The van der Waals surface area contributed by atoms with Gasteiger partial charge in [-0.1, -0.05) is 45.9 Å². The summed E-state index contributed by atoms with van der Waals surface area (Å²) in [5.41, 5.74) is 6.56. The maximum atomic E-state index is 12.4. The van der Waals surface area contributed by atoms with Gasteiger partial charge < -0.3 is 16.4 Å². The molecule has 2 atom stereocenters. The monoisotopic (exact) mass is 305 g/mol. The summed E-state index contributed by atoms with van der Waals surface area (Å²) in [6, 6.07) is 8.00. The number of carbonyl (C=O) groups is 2. The number of anilines is 1. The Morgan fingerprint density at radius 3 is 2.14 bits per heavy atom. The highest BCUT2D eigenvalue weighted by molar-refractivity contribution is 5.97. The predicted octanol–water partition coefficient (Wildman–Crippen LogP) is 2.14. The molecule has 122 valence electrons. The summed E-state index contributed by atoms with van der Waals surface area (Å²) in [5, 5.41) is 5.60. The summed E-state index contributed by atoms with van der Waals surface area (Å²) in [5.74, 6) is -0.202. The third-order valence-corrected chi connectivity index (χ3v) is 3.40. The first-order valence-electron chi connectivity index (χ1n) is 7.73. The molecule has 2 amide bonds.